The number of rotatable bonds is 19. The molecule has 8 aliphatic carbocycles. The Labute approximate surface area is 421 Å². The molecule has 0 bridgehead atoms. The van der Waals surface area contributed by atoms with Crippen LogP contribution in [-0.2, 0) is 29.8 Å². The monoisotopic (exact) mass is 1020 g/mol. The molecule has 0 aromatic heterocycles. The highest BCUT2D eigenvalue weighted by atomic mass is 32.2. The molecule has 0 heterocycles. The van der Waals surface area contributed by atoms with Crippen molar-refractivity contribution >= 4 is 32.1 Å². The van der Waals surface area contributed by atoms with E-state index >= 15 is 0 Å². The molecule has 4 unspecified atom stereocenters. The first-order valence-corrected chi connectivity index (χ1v) is 31.3. The lowest BCUT2D eigenvalue weighted by atomic mass is 9.43. The predicted molar refractivity (Wildman–Crippen MR) is 272 cm³/mol. The summed E-state index contributed by atoms with van der Waals surface area (Å²) in [5.41, 5.74) is 0.796. The second kappa shape index (κ2) is 21.3. The van der Waals surface area contributed by atoms with Crippen LogP contribution in [0.15, 0.2) is 0 Å². The van der Waals surface area contributed by atoms with E-state index in [9.17, 15) is 36.6 Å². The fourth-order valence-corrected chi connectivity index (χ4v) is 20.0. The third kappa shape index (κ3) is 11.3. The average molecular weight is 1020 g/mol. The zero-order valence-electron chi connectivity index (χ0n) is 43.7. The Morgan fingerprint density at radius 2 is 0.871 bits per heavy atom. The van der Waals surface area contributed by atoms with Crippen LogP contribution in [0.25, 0.3) is 0 Å². The summed E-state index contributed by atoms with van der Waals surface area (Å²) in [5, 5.41) is 37.3. The molecule has 2 amide bonds. The van der Waals surface area contributed by atoms with Gasteiger partial charge in [-0.1, -0.05) is 41.5 Å². The molecule has 402 valence electrons. The minimum Gasteiger partial charge on any atom is -0.393 e. The minimum atomic E-state index is -4.10. The molecule has 0 aromatic carbocycles. The molecule has 14 nitrogen and oxygen atoms in total. The zero-order valence-corrected chi connectivity index (χ0v) is 45.3. The number of nitrogens with one attached hydrogen (secondary N) is 4. The summed E-state index contributed by atoms with van der Waals surface area (Å²) in [5.74, 6) is 4.23. The number of amides is 2. The van der Waals surface area contributed by atoms with Crippen LogP contribution >= 0.6 is 0 Å². The van der Waals surface area contributed by atoms with Crippen molar-refractivity contribution in [3.8, 4) is 0 Å². The smallest absolute Gasteiger partial charge is 0.266 e. The van der Waals surface area contributed by atoms with Gasteiger partial charge in [-0.15, -0.1) is 0 Å². The van der Waals surface area contributed by atoms with Crippen molar-refractivity contribution in [2.45, 2.75) is 194 Å². The molecule has 0 radical (unpaired) electrons. The van der Waals surface area contributed by atoms with E-state index in [4.69, 9.17) is 9.11 Å². The van der Waals surface area contributed by atoms with E-state index in [2.05, 4.69) is 62.8 Å². The third-order valence-corrected chi connectivity index (χ3v) is 24.3. The highest BCUT2D eigenvalue weighted by Crippen LogP contribution is 2.70. The first-order chi connectivity index (χ1) is 32.9. The van der Waals surface area contributed by atoms with Gasteiger partial charge in [0, 0.05) is 51.1 Å². The number of carbonyl (C=O) groups is 2. The van der Waals surface area contributed by atoms with Crippen molar-refractivity contribution in [2.24, 2.45) is 92.7 Å². The van der Waals surface area contributed by atoms with Gasteiger partial charge in [-0.2, -0.15) is 16.8 Å². The first kappa shape index (κ1) is 54.8. The normalized spacial score (nSPS) is 44.4. The summed E-state index contributed by atoms with van der Waals surface area (Å²) in [6.45, 7) is 16.4. The van der Waals surface area contributed by atoms with Gasteiger partial charge in [-0.05, 0) is 208 Å². The molecule has 0 spiro atoms. The Morgan fingerprint density at radius 3 is 1.24 bits per heavy atom. The number of aliphatic hydroxyl groups is 2. The van der Waals surface area contributed by atoms with Crippen molar-refractivity contribution < 1.29 is 45.7 Å². The Hall–Kier alpha value is -1.40. The molecule has 0 saturated heterocycles. The quantitative estimate of drug-likeness (QED) is 0.0483. The van der Waals surface area contributed by atoms with Gasteiger partial charge >= 0.3 is 0 Å². The predicted octanol–water partition coefficient (Wildman–Crippen LogP) is 7.00. The summed E-state index contributed by atoms with van der Waals surface area (Å²) in [6, 6.07) is 0.944. The number of hydrogen-bond acceptors (Lipinski definition) is 10. The Balaban J connectivity index is 0.768. The fourth-order valence-electron chi connectivity index (χ4n) is 19.3. The maximum Gasteiger partial charge on any atom is 0.266 e. The van der Waals surface area contributed by atoms with Crippen molar-refractivity contribution in [1.29, 1.82) is 0 Å². The topological polar surface area (TPSA) is 231 Å². The lowest BCUT2D eigenvalue weighted by Crippen LogP contribution is -2.60. The van der Waals surface area contributed by atoms with Gasteiger partial charge in [0.1, 0.15) is 0 Å². The van der Waals surface area contributed by atoms with E-state index < -0.39 is 31.7 Å². The van der Waals surface area contributed by atoms with E-state index in [1.165, 1.54) is 51.4 Å². The van der Waals surface area contributed by atoms with Crippen LogP contribution in [0.4, 0.5) is 0 Å². The third-order valence-electron chi connectivity index (χ3n) is 22.9. The van der Waals surface area contributed by atoms with E-state index in [0.29, 0.717) is 95.9 Å². The summed E-state index contributed by atoms with van der Waals surface area (Å²) in [4.78, 5) is 25.0. The maximum absolute atomic E-state index is 12.5. The van der Waals surface area contributed by atoms with Crippen molar-refractivity contribution in [3.05, 3.63) is 0 Å². The highest BCUT2D eigenvalue weighted by molar-refractivity contribution is 7.86. The zero-order chi connectivity index (χ0) is 50.6. The summed E-state index contributed by atoms with van der Waals surface area (Å²) in [6.07, 6.45) is 19.8. The van der Waals surface area contributed by atoms with Crippen molar-refractivity contribution in [2.75, 3.05) is 37.7 Å². The van der Waals surface area contributed by atoms with Gasteiger partial charge in [-0.25, -0.2) is 0 Å². The van der Waals surface area contributed by atoms with Crippen LogP contribution < -0.4 is 21.3 Å². The second-order valence-corrected chi connectivity index (χ2v) is 29.3. The maximum atomic E-state index is 12.5. The second-order valence-electron chi connectivity index (χ2n) is 26.2. The number of carbonyl (C=O) groups excluding carboxylic acids is 2. The molecule has 8 fully saturated rings. The number of hydrogen-bond donors (Lipinski definition) is 8. The SMILES string of the molecule is C[C@H](CCC(=O)NCCS(=O)(=O)O)[C@H]1CC[C@H]2[C@@H]3[C@@H](O)CC4CC(NCCNC5CC[C@@]6(C)C(C5)C[C@H](O)[C@H]5[C@@H]7CC[C@H]([C@H](C)CCC(=O)NCCS(=O)(=O)O)[C@@]7(C)CC[C@@H]56)CC[C@]4(C)[C@H]3CC[C@]12C. The molecule has 8 rings (SSSR count). The van der Waals surface area contributed by atoms with Gasteiger partial charge < -0.3 is 31.5 Å². The van der Waals surface area contributed by atoms with E-state index in [1.807, 2.05) is 0 Å². The average Bonchev–Trinajstić information content (AvgIpc) is 3.83. The molecular formula is C54H94N4O10S2. The molecule has 0 aromatic rings. The lowest BCUT2D eigenvalue weighted by Gasteiger charge is -2.63. The summed E-state index contributed by atoms with van der Waals surface area (Å²) < 4.78 is 62.3. The number of aliphatic hydroxyl groups excluding tert-OH is 2. The van der Waals surface area contributed by atoms with Crippen LogP contribution in [0, 0.1) is 92.7 Å². The van der Waals surface area contributed by atoms with E-state index in [0.717, 1.165) is 77.3 Å². The van der Waals surface area contributed by atoms with Crippen LogP contribution in [0.1, 0.15) is 170 Å². The standard InChI is InChI=1S/C54H94N4O10S2/c1-33(7-13-47(61)57-25-27-69(63,64)65)39-9-11-41-49-43(17-21-53(39,41)5)51(3)19-15-37(29-35(51)31-45(49)59)55-23-24-56-38-16-20-52(4)36(30-38)32-46(60)50-42-12-10-40(54(42,6)22-18-44(50)52)34(2)8-14-48(62)58-26-28-70(66,67)68/h33-46,49-50,55-56,59-60H,7-32H2,1-6H3,(H,57,61)(H,58,62)(H,63,64,65)(H,66,67,68)/t33-,34-,35?,36?,37?,38?,39-,40-,41+,42+,43+,44+,45+,46+,49+,50+,51+,52+,53-,54-/m1/s1. The lowest BCUT2D eigenvalue weighted by molar-refractivity contribution is -0.167. The largest absolute Gasteiger partial charge is 0.393 e. The molecule has 8 aliphatic rings. The Bertz CT molecular complexity index is 1940. The minimum absolute atomic E-state index is 0.0748. The molecule has 0 aliphatic heterocycles. The summed E-state index contributed by atoms with van der Waals surface area (Å²) in [7, 11) is -8.20. The highest BCUT2D eigenvalue weighted by Gasteiger charge is 2.65. The van der Waals surface area contributed by atoms with Gasteiger partial charge in [0.25, 0.3) is 20.2 Å². The van der Waals surface area contributed by atoms with Crippen LogP contribution in [0.3, 0.4) is 0 Å². The molecule has 70 heavy (non-hydrogen) atoms. The van der Waals surface area contributed by atoms with Crippen LogP contribution in [-0.4, -0.2) is 110 Å². The van der Waals surface area contributed by atoms with Gasteiger partial charge in [0.2, 0.25) is 11.8 Å². The van der Waals surface area contributed by atoms with Crippen molar-refractivity contribution in [3.63, 3.8) is 0 Å². The Kier molecular flexibility index (Phi) is 16.7. The van der Waals surface area contributed by atoms with Gasteiger partial charge in [-0.3, -0.25) is 18.7 Å². The van der Waals surface area contributed by atoms with Crippen LogP contribution in [0.2, 0.25) is 0 Å². The fraction of sp³-hybridized carbons (Fsp3) is 0.963. The van der Waals surface area contributed by atoms with Gasteiger partial charge in [0.15, 0.2) is 0 Å². The van der Waals surface area contributed by atoms with Crippen LogP contribution in [0.5, 0.6) is 0 Å². The Morgan fingerprint density at radius 1 is 0.514 bits per heavy atom. The molecule has 20 atom stereocenters. The molecule has 8 saturated carbocycles. The molecule has 16 heteroatoms. The van der Waals surface area contributed by atoms with Crippen molar-refractivity contribution in [1.82, 2.24) is 21.3 Å². The molecular weight excluding hydrogens is 929 g/mol. The summed E-state index contributed by atoms with van der Waals surface area (Å²) >= 11 is 0. The van der Waals surface area contributed by atoms with Gasteiger partial charge in [0.05, 0.1) is 23.7 Å². The molecule has 8 N–H and O–H groups in total. The van der Waals surface area contributed by atoms with E-state index in [-0.39, 0.29) is 58.8 Å². The number of fused-ring (bicyclic) bond motifs is 10. The first-order valence-electron chi connectivity index (χ1n) is 28.1. The van der Waals surface area contributed by atoms with E-state index in [1.54, 1.807) is 0 Å².